The van der Waals surface area contributed by atoms with E-state index in [4.69, 9.17) is 23.2 Å². The first-order valence-corrected chi connectivity index (χ1v) is 12.1. The Hall–Kier alpha value is -2.04. The zero-order chi connectivity index (χ0) is 23.3. The van der Waals surface area contributed by atoms with Crippen LogP contribution in [0.1, 0.15) is 61.3 Å². The number of carbonyl (C=O) groups excluding carboxylic acids is 2. The molecule has 0 heterocycles. The minimum atomic E-state index is -0.636. The smallest absolute Gasteiger partial charge is 0.242 e. The number of hydrogen-bond acceptors (Lipinski definition) is 2. The van der Waals surface area contributed by atoms with Gasteiger partial charge in [-0.2, -0.15) is 0 Å². The molecule has 3 rings (SSSR count). The summed E-state index contributed by atoms with van der Waals surface area (Å²) in [5.74, 6) is -0.258. The molecule has 6 heteroatoms. The number of aryl methyl sites for hydroxylation is 2. The summed E-state index contributed by atoms with van der Waals surface area (Å²) in [6, 6.07) is 10.9. The maximum absolute atomic E-state index is 13.5. The molecule has 1 N–H and O–H groups in total. The van der Waals surface area contributed by atoms with E-state index in [0.717, 1.165) is 42.4 Å². The lowest BCUT2D eigenvalue weighted by Gasteiger charge is -2.31. The summed E-state index contributed by atoms with van der Waals surface area (Å²) in [6.45, 7) is 5.99. The number of nitrogens with zero attached hydrogens (tertiary/aromatic N) is 1. The summed E-state index contributed by atoms with van der Waals surface area (Å²) in [6.07, 6.45) is 5.67. The number of amides is 2. The van der Waals surface area contributed by atoms with Gasteiger partial charge in [-0.1, -0.05) is 77.9 Å². The first-order valence-electron chi connectivity index (χ1n) is 11.3. The Morgan fingerprint density at radius 1 is 1.03 bits per heavy atom. The van der Waals surface area contributed by atoms with E-state index in [2.05, 4.69) is 11.4 Å². The topological polar surface area (TPSA) is 49.4 Å². The van der Waals surface area contributed by atoms with Gasteiger partial charge in [0.05, 0.1) is 6.42 Å². The first kappa shape index (κ1) is 24.6. The molecule has 1 aliphatic carbocycles. The molecule has 0 aromatic heterocycles. The number of benzene rings is 2. The first-order chi connectivity index (χ1) is 15.2. The van der Waals surface area contributed by atoms with Crippen LogP contribution in [0.4, 0.5) is 0 Å². The molecule has 0 radical (unpaired) electrons. The molecule has 2 amide bonds. The van der Waals surface area contributed by atoms with Gasteiger partial charge in [0.15, 0.2) is 0 Å². The summed E-state index contributed by atoms with van der Waals surface area (Å²) < 4.78 is 0. The third-order valence-electron chi connectivity index (χ3n) is 6.15. The summed E-state index contributed by atoms with van der Waals surface area (Å²) in [5, 5.41) is 4.13. The maximum atomic E-state index is 13.5. The van der Waals surface area contributed by atoms with Gasteiger partial charge in [-0.05, 0) is 51.3 Å². The van der Waals surface area contributed by atoms with Crippen molar-refractivity contribution in [2.75, 3.05) is 0 Å². The van der Waals surface area contributed by atoms with Crippen LogP contribution in [-0.4, -0.2) is 28.8 Å². The molecule has 0 aliphatic heterocycles. The molecule has 32 heavy (non-hydrogen) atoms. The predicted molar refractivity (Wildman–Crippen MR) is 131 cm³/mol. The molecule has 1 saturated carbocycles. The maximum Gasteiger partial charge on any atom is 0.242 e. The molecular formula is C26H32Cl2N2O2. The lowest BCUT2D eigenvalue weighted by atomic mass is 9.95. The second-order valence-corrected chi connectivity index (χ2v) is 9.73. The molecule has 1 fully saturated rings. The average molecular weight is 475 g/mol. The van der Waals surface area contributed by atoms with Gasteiger partial charge in [-0.15, -0.1) is 0 Å². The quantitative estimate of drug-likeness (QED) is 0.533. The number of hydrogen-bond donors (Lipinski definition) is 1. The van der Waals surface area contributed by atoms with E-state index in [1.807, 2.05) is 26.0 Å². The third kappa shape index (κ3) is 6.49. The van der Waals surface area contributed by atoms with Gasteiger partial charge in [0.25, 0.3) is 0 Å². The van der Waals surface area contributed by atoms with E-state index >= 15 is 0 Å². The molecule has 1 atom stereocenters. The molecule has 1 aliphatic rings. The van der Waals surface area contributed by atoms with Crippen LogP contribution in [0.25, 0.3) is 0 Å². The Bertz CT molecular complexity index is 930. The highest BCUT2D eigenvalue weighted by Gasteiger charge is 2.29. The minimum Gasteiger partial charge on any atom is -0.352 e. The third-order valence-corrected chi connectivity index (χ3v) is 6.85. The normalized spacial score (nSPS) is 15.3. The fourth-order valence-electron chi connectivity index (χ4n) is 4.45. The Labute approximate surface area is 201 Å². The highest BCUT2D eigenvalue weighted by atomic mass is 35.5. The van der Waals surface area contributed by atoms with E-state index in [9.17, 15) is 9.59 Å². The van der Waals surface area contributed by atoms with Crippen molar-refractivity contribution in [3.8, 4) is 0 Å². The molecule has 0 spiro atoms. The fraction of sp³-hybridized carbons (Fsp3) is 0.462. The molecule has 0 bridgehead atoms. The van der Waals surface area contributed by atoms with Crippen LogP contribution in [-0.2, 0) is 22.6 Å². The van der Waals surface area contributed by atoms with Crippen molar-refractivity contribution in [1.29, 1.82) is 0 Å². The second-order valence-electron chi connectivity index (χ2n) is 8.91. The summed E-state index contributed by atoms with van der Waals surface area (Å²) >= 11 is 12.8. The largest absolute Gasteiger partial charge is 0.352 e. The van der Waals surface area contributed by atoms with E-state index in [1.54, 1.807) is 30.0 Å². The van der Waals surface area contributed by atoms with Crippen LogP contribution < -0.4 is 5.32 Å². The van der Waals surface area contributed by atoms with Gasteiger partial charge < -0.3 is 10.2 Å². The zero-order valence-electron chi connectivity index (χ0n) is 19.1. The van der Waals surface area contributed by atoms with Gasteiger partial charge in [-0.3, -0.25) is 9.59 Å². The van der Waals surface area contributed by atoms with Crippen molar-refractivity contribution in [1.82, 2.24) is 10.2 Å². The Morgan fingerprint density at radius 3 is 2.22 bits per heavy atom. The van der Waals surface area contributed by atoms with Gasteiger partial charge in [0.2, 0.25) is 11.8 Å². The summed E-state index contributed by atoms with van der Waals surface area (Å²) in [7, 11) is 0. The molecule has 172 valence electrons. The number of carbonyl (C=O) groups is 2. The van der Waals surface area contributed by atoms with Crippen molar-refractivity contribution in [3.63, 3.8) is 0 Å². The van der Waals surface area contributed by atoms with Crippen molar-refractivity contribution in [3.05, 3.63) is 68.7 Å². The van der Waals surface area contributed by atoms with E-state index in [1.165, 1.54) is 6.42 Å². The van der Waals surface area contributed by atoms with Gasteiger partial charge >= 0.3 is 0 Å². The van der Waals surface area contributed by atoms with Crippen LogP contribution >= 0.6 is 23.2 Å². The van der Waals surface area contributed by atoms with E-state index in [0.29, 0.717) is 15.6 Å². The van der Waals surface area contributed by atoms with Gasteiger partial charge in [-0.25, -0.2) is 0 Å². The Kier molecular flexibility index (Phi) is 8.61. The Balaban J connectivity index is 1.83. The second kappa shape index (κ2) is 11.2. The number of halogens is 2. The van der Waals surface area contributed by atoms with Crippen LogP contribution in [0, 0.1) is 13.8 Å². The number of rotatable bonds is 7. The molecule has 0 saturated heterocycles. The number of nitrogens with one attached hydrogen (secondary N) is 1. The van der Waals surface area contributed by atoms with E-state index in [-0.39, 0.29) is 30.8 Å². The molecular weight excluding hydrogens is 443 g/mol. The summed E-state index contributed by atoms with van der Waals surface area (Å²) in [4.78, 5) is 28.2. The lowest BCUT2D eigenvalue weighted by molar-refractivity contribution is -0.140. The average Bonchev–Trinajstić information content (AvgIpc) is 2.73. The molecule has 2 aromatic carbocycles. The van der Waals surface area contributed by atoms with Crippen LogP contribution in [0.3, 0.4) is 0 Å². The van der Waals surface area contributed by atoms with Crippen molar-refractivity contribution in [2.24, 2.45) is 0 Å². The summed E-state index contributed by atoms with van der Waals surface area (Å²) in [5.41, 5.74) is 3.80. The van der Waals surface area contributed by atoms with Crippen LogP contribution in [0.15, 0.2) is 36.4 Å². The van der Waals surface area contributed by atoms with Gasteiger partial charge in [0.1, 0.15) is 6.04 Å². The molecule has 2 aromatic rings. The van der Waals surface area contributed by atoms with Crippen LogP contribution in [0.2, 0.25) is 10.0 Å². The predicted octanol–water partition coefficient (Wildman–Crippen LogP) is 6.02. The lowest BCUT2D eigenvalue weighted by Crippen LogP contribution is -2.50. The SMILES string of the molecule is Cc1cc(C)cc(CC(=O)N(Cc2c(Cl)cccc2Cl)C(C)C(=O)NC2CCCCC2)c1. The monoisotopic (exact) mass is 474 g/mol. The molecule has 1 unspecified atom stereocenters. The molecule has 4 nitrogen and oxygen atoms in total. The standard InChI is InChI=1S/C26H32Cl2N2O2/c1-17-12-18(2)14-20(13-17)15-25(31)30(16-22-23(27)10-7-11-24(22)28)19(3)26(32)29-21-8-5-4-6-9-21/h7,10-14,19,21H,4-6,8-9,15-16H2,1-3H3,(H,29,32). The Morgan fingerprint density at radius 2 is 1.62 bits per heavy atom. The highest BCUT2D eigenvalue weighted by molar-refractivity contribution is 6.36. The minimum absolute atomic E-state index is 0.128. The van der Waals surface area contributed by atoms with Gasteiger partial charge in [0, 0.05) is 28.2 Å². The van der Waals surface area contributed by atoms with Crippen molar-refractivity contribution < 1.29 is 9.59 Å². The van der Waals surface area contributed by atoms with Crippen molar-refractivity contribution >= 4 is 35.0 Å². The highest BCUT2D eigenvalue weighted by Crippen LogP contribution is 2.27. The van der Waals surface area contributed by atoms with E-state index < -0.39 is 6.04 Å². The zero-order valence-corrected chi connectivity index (χ0v) is 20.6. The van der Waals surface area contributed by atoms with Crippen LogP contribution in [0.5, 0.6) is 0 Å². The fourth-order valence-corrected chi connectivity index (χ4v) is 4.97. The van der Waals surface area contributed by atoms with Crippen molar-refractivity contribution in [2.45, 2.75) is 77.9 Å².